The summed E-state index contributed by atoms with van der Waals surface area (Å²) in [4.78, 5) is 27.1. The first-order chi connectivity index (χ1) is 13.2. The molecule has 5 heterocycles. The van der Waals surface area contributed by atoms with Gasteiger partial charge in [-0.3, -0.25) is 4.79 Å². The number of nitrogens with zero attached hydrogens (tertiary/aromatic N) is 5. The number of hydrogen-bond acceptors (Lipinski definition) is 8. The number of amides is 1. The predicted octanol–water partition coefficient (Wildman–Crippen LogP) is 1.97. The molecule has 8 nitrogen and oxygen atoms in total. The molecule has 5 rings (SSSR count). The molecule has 0 aliphatic carbocycles. The Hall–Kier alpha value is -2.52. The minimum atomic E-state index is -0.0995. The van der Waals surface area contributed by atoms with Crippen LogP contribution in [-0.4, -0.2) is 64.8 Å². The van der Waals surface area contributed by atoms with Gasteiger partial charge < -0.3 is 19.1 Å². The Morgan fingerprint density at radius 2 is 2.19 bits per heavy atom. The van der Waals surface area contributed by atoms with E-state index in [0.717, 1.165) is 22.6 Å². The number of carbonyl (C=O) groups excluding carboxylic acids is 1. The number of fused-ring (bicyclic) bond motifs is 4. The van der Waals surface area contributed by atoms with Crippen molar-refractivity contribution in [3.63, 3.8) is 0 Å². The zero-order valence-corrected chi connectivity index (χ0v) is 15.7. The highest BCUT2D eigenvalue weighted by atomic mass is 32.1. The van der Waals surface area contributed by atoms with Gasteiger partial charge >= 0.3 is 0 Å². The van der Waals surface area contributed by atoms with Crippen molar-refractivity contribution in [1.29, 1.82) is 0 Å². The summed E-state index contributed by atoms with van der Waals surface area (Å²) in [5.74, 6) is 1.68. The second-order valence-electron chi connectivity index (χ2n) is 7.08. The van der Waals surface area contributed by atoms with Gasteiger partial charge in [0.25, 0.3) is 5.91 Å². The van der Waals surface area contributed by atoms with Gasteiger partial charge in [-0.15, -0.1) is 11.3 Å². The number of anilines is 1. The van der Waals surface area contributed by atoms with E-state index in [1.54, 1.807) is 30.7 Å². The highest BCUT2D eigenvalue weighted by Crippen LogP contribution is 2.30. The van der Waals surface area contributed by atoms with E-state index in [2.05, 4.69) is 26.1 Å². The molecule has 2 saturated heterocycles. The van der Waals surface area contributed by atoms with Gasteiger partial charge in [0.2, 0.25) is 0 Å². The first kappa shape index (κ1) is 16.6. The molecule has 9 heteroatoms. The lowest BCUT2D eigenvalue weighted by atomic mass is 10.1. The first-order valence-corrected chi connectivity index (χ1v) is 9.82. The third-order valence-electron chi connectivity index (χ3n) is 5.12. The summed E-state index contributed by atoms with van der Waals surface area (Å²) in [6, 6.07) is 3.69. The third kappa shape index (κ3) is 2.96. The Morgan fingerprint density at radius 3 is 3.04 bits per heavy atom. The molecular weight excluding hydrogens is 366 g/mol. The molecule has 2 aliphatic rings. The van der Waals surface area contributed by atoms with Crippen LogP contribution in [0.3, 0.4) is 0 Å². The van der Waals surface area contributed by atoms with E-state index in [1.807, 2.05) is 10.3 Å². The average Bonchev–Trinajstić information content (AvgIpc) is 3.20. The first-order valence-electron chi connectivity index (χ1n) is 8.94. The standard InChI is InChI=1S/C18H19N5O3S/c1-11-4-15(21-26-11)18(24)23-6-12-5-22(7-13(23)9-25-8-12)16-14-2-3-27-17(14)20-10-19-16/h2-4,10,12-13H,5-9H2,1H3/t12-,13-/m0/s1. The van der Waals surface area contributed by atoms with Crippen molar-refractivity contribution in [2.75, 3.05) is 37.7 Å². The number of thiophene rings is 1. The molecule has 0 radical (unpaired) electrons. The van der Waals surface area contributed by atoms with Crippen LogP contribution in [0, 0.1) is 12.8 Å². The van der Waals surface area contributed by atoms with Crippen molar-refractivity contribution >= 4 is 33.3 Å². The Kier molecular flexibility index (Phi) is 4.05. The lowest BCUT2D eigenvalue weighted by Gasteiger charge is -2.31. The topological polar surface area (TPSA) is 84.6 Å². The molecule has 0 spiro atoms. The summed E-state index contributed by atoms with van der Waals surface area (Å²) in [6.45, 7) is 5.03. The van der Waals surface area contributed by atoms with E-state index in [9.17, 15) is 4.79 Å². The molecule has 1 amide bonds. The Labute approximate surface area is 159 Å². The van der Waals surface area contributed by atoms with Gasteiger partial charge in [0, 0.05) is 31.6 Å². The van der Waals surface area contributed by atoms with Crippen LogP contribution >= 0.6 is 11.3 Å². The van der Waals surface area contributed by atoms with Crippen molar-refractivity contribution in [3.05, 3.63) is 35.3 Å². The van der Waals surface area contributed by atoms with Gasteiger partial charge in [-0.2, -0.15) is 0 Å². The van der Waals surface area contributed by atoms with E-state index < -0.39 is 0 Å². The molecule has 140 valence electrons. The molecule has 0 saturated carbocycles. The van der Waals surface area contributed by atoms with E-state index in [-0.39, 0.29) is 17.9 Å². The van der Waals surface area contributed by atoms with E-state index in [0.29, 0.717) is 37.8 Å². The van der Waals surface area contributed by atoms with Gasteiger partial charge in [-0.05, 0) is 18.4 Å². The van der Waals surface area contributed by atoms with Crippen LogP contribution in [-0.2, 0) is 4.74 Å². The molecule has 2 fully saturated rings. The minimum Gasteiger partial charge on any atom is -0.379 e. The molecule has 2 aliphatic heterocycles. The fourth-order valence-corrected chi connectivity index (χ4v) is 4.64. The lowest BCUT2D eigenvalue weighted by molar-refractivity contribution is 0.0603. The maximum Gasteiger partial charge on any atom is 0.276 e. The van der Waals surface area contributed by atoms with Crippen molar-refractivity contribution in [1.82, 2.24) is 20.0 Å². The maximum absolute atomic E-state index is 13.0. The van der Waals surface area contributed by atoms with Gasteiger partial charge in [-0.1, -0.05) is 5.16 Å². The average molecular weight is 385 g/mol. The number of aryl methyl sites for hydroxylation is 1. The monoisotopic (exact) mass is 385 g/mol. The summed E-state index contributed by atoms with van der Waals surface area (Å²) in [5, 5.41) is 7.01. The molecular formula is C18H19N5O3S. The van der Waals surface area contributed by atoms with Crippen LogP contribution in [0.4, 0.5) is 5.82 Å². The molecule has 0 N–H and O–H groups in total. The zero-order valence-electron chi connectivity index (χ0n) is 14.9. The van der Waals surface area contributed by atoms with Crippen LogP contribution in [0.5, 0.6) is 0 Å². The second-order valence-corrected chi connectivity index (χ2v) is 7.97. The third-order valence-corrected chi connectivity index (χ3v) is 5.94. The lowest BCUT2D eigenvalue weighted by Crippen LogP contribution is -2.47. The van der Waals surface area contributed by atoms with E-state index in [4.69, 9.17) is 9.26 Å². The number of rotatable bonds is 2. The van der Waals surface area contributed by atoms with Gasteiger partial charge in [0.05, 0.1) is 24.6 Å². The van der Waals surface area contributed by atoms with Gasteiger partial charge in [-0.25, -0.2) is 9.97 Å². The molecule has 2 bridgehead atoms. The summed E-state index contributed by atoms with van der Waals surface area (Å²) < 4.78 is 10.9. The highest BCUT2D eigenvalue weighted by Gasteiger charge is 2.37. The predicted molar refractivity (Wildman–Crippen MR) is 100 cm³/mol. The summed E-state index contributed by atoms with van der Waals surface area (Å²) >= 11 is 1.61. The Balaban J connectivity index is 1.48. The van der Waals surface area contributed by atoms with Gasteiger partial charge in [0.1, 0.15) is 22.7 Å². The largest absolute Gasteiger partial charge is 0.379 e. The minimum absolute atomic E-state index is 0.0642. The number of ether oxygens (including phenoxy) is 1. The van der Waals surface area contributed by atoms with Crippen molar-refractivity contribution in [3.8, 4) is 0 Å². The SMILES string of the molecule is Cc1cc(C(=O)N2C[C@H]3COC[C@@H]2CN(c2ncnc4sccc24)C3)no1. The fourth-order valence-electron chi connectivity index (χ4n) is 3.91. The molecule has 27 heavy (non-hydrogen) atoms. The number of hydrogen-bond donors (Lipinski definition) is 0. The van der Waals surface area contributed by atoms with Crippen LogP contribution in [0.15, 0.2) is 28.4 Å². The summed E-state index contributed by atoms with van der Waals surface area (Å²) in [6.07, 6.45) is 1.62. The van der Waals surface area contributed by atoms with Crippen LogP contribution in [0.1, 0.15) is 16.2 Å². The summed E-state index contributed by atoms with van der Waals surface area (Å²) in [5.41, 5.74) is 0.355. The summed E-state index contributed by atoms with van der Waals surface area (Å²) in [7, 11) is 0. The molecule has 0 unspecified atom stereocenters. The highest BCUT2D eigenvalue weighted by molar-refractivity contribution is 7.16. The number of carbonyl (C=O) groups is 1. The van der Waals surface area contributed by atoms with Crippen molar-refractivity contribution in [2.24, 2.45) is 5.92 Å². The normalized spacial score (nSPS) is 22.9. The van der Waals surface area contributed by atoms with E-state index in [1.165, 1.54) is 0 Å². The fraction of sp³-hybridized carbons (Fsp3) is 0.444. The maximum atomic E-state index is 13.0. The van der Waals surface area contributed by atoms with Crippen LogP contribution in [0.2, 0.25) is 0 Å². The second kappa shape index (κ2) is 6.58. The van der Waals surface area contributed by atoms with Crippen LogP contribution < -0.4 is 4.90 Å². The number of aromatic nitrogens is 3. The smallest absolute Gasteiger partial charge is 0.276 e. The van der Waals surface area contributed by atoms with Crippen molar-refractivity contribution in [2.45, 2.75) is 13.0 Å². The van der Waals surface area contributed by atoms with Crippen molar-refractivity contribution < 1.29 is 14.1 Å². The zero-order chi connectivity index (χ0) is 18.4. The molecule has 2 atom stereocenters. The Bertz CT molecular complexity index is 986. The molecule has 3 aromatic rings. The molecule has 3 aromatic heterocycles. The Morgan fingerprint density at radius 1 is 1.26 bits per heavy atom. The van der Waals surface area contributed by atoms with Crippen LogP contribution in [0.25, 0.3) is 10.2 Å². The van der Waals surface area contributed by atoms with Gasteiger partial charge in [0.15, 0.2) is 5.69 Å². The quantitative estimate of drug-likeness (QED) is 0.667. The molecule has 0 aromatic carbocycles. The van der Waals surface area contributed by atoms with E-state index >= 15 is 0 Å².